The van der Waals surface area contributed by atoms with Gasteiger partial charge in [0.15, 0.2) is 6.61 Å². The first-order valence-corrected chi connectivity index (χ1v) is 6.99. The number of H-pyrrole nitrogens is 1. The molecule has 0 aliphatic carbocycles. The summed E-state index contributed by atoms with van der Waals surface area (Å²) in [7, 11) is 0. The van der Waals surface area contributed by atoms with Crippen LogP contribution in [0.2, 0.25) is 0 Å². The lowest BCUT2D eigenvalue weighted by molar-refractivity contribution is -0.154. The van der Waals surface area contributed by atoms with Crippen molar-refractivity contribution in [1.82, 2.24) is 4.98 Å². The van der Waals surface area contributed by atoms with Gasteiger partial charge in [0.2, 0.25) is 0 Å². The Morgan fingerprint density at radius 2 is 1.91 bits per heavy atom. The molecule has 3 N–H and O–H groups in total. The second-order valence-electron chi connectivity index (χ2n) is 6.00. The van der Waals surface area contributed by atoms with Gasteiger partial charge in [0, 0.05) is 10.9 Å². The number of carbonyl (C=O) groups excluding carboxylic acids is 2. The molecular weight excluding hydrogens is 284 g/mol. The molecule has 0 bridgehead atoms. The zero-order chi connectivity index (χ0) is 16.3. The molecule has 0 aliphatic heterocycles. The van der Waals surface area contributed by atoms with Gasteiger partial charge in [0.25, 0.3) is 5.91 Å². The smallest absolute Gasteiger partial charge is 0.312 e. The third-order valence-electron chi connectivity index (χ3n) is 2.83. The van der Waals surface area contributed by atoms with Crippen LogP contribution in [0.1, 0.15) is 26.5 Å². The molecule has 0 aliphatic rings. The molecule has 6 heteroatoms. The molecule has 0 radical (unpaired) electrons. The number of hydrogen-bond acceptors (Lipinski definition) is 4. The number of nitrogens with one attached hydrogen (secondary N) is 1. The lowest BCUT2D eigenvalue weighted by Gasteiger charge is -2.19. The predicted molar refractivity (Wildman–Crippen MR) is 82.5 cm³/mol. The topological polar surface area (TPSA) is 94.4 Å². The highest BCUT2D eigenvalue weighted by Crippen LogP contribution is 2.30. The minimum Gasteiger partial charge on any atom is -0.481 e. The Labute approximate surface area is 128 Å². The third kappa shape index (κ3) is 4.00. The summed E-state index contributed by atoms with van der Waals surface area (Å²) in [6.07, 6.45) is 0.0278. The molecule has 2 aromatic rings. The van der Waals surface area contributed by atoms with Crippen molar-refractivity contribution >= 4 is 22.8 Å². The average molecular weight is 304 g/mol. The van der Waals surface area contributed by atoms with Gasteiger partial charge in [0.05, 0.1) is 12.1 Å². The number of benzene rings is 1. The molecule has 6 nitrogen and oxygen atoms in total. The van der Waals surface area contributed by atoms with Crippen molar-refractivity contribution in [2.75, 3.05) is 6.61 Å². The largest absolute Gasteiger partial charge is 0.481 e. The molecule has 1 amide bonds. The number of aromatic nitrogens is 1. The van der Waals surface area contributed by atoms with Gasteiger partial charge < -0.3 is 20.2 Å². The fourth-order valence-electron chi connectivity index (χ4n) is 2.13. The molecule has 0 saturated heterocycles. The van der Waals surface area contributed by atoms with Gasteiger partial charge in [-0.2, -0.15) is 0 Å². The van der Waals surface area contributed by atoms with E-state index in [1.165, 1.54) is 0 Å². The minimum absolute atomic E-state index is 0.0278. The molecule has 0 saturated carbocycles. The van der Waals surface area contributed by atoms with E-state index in [4.69, 9.17) is 15.2 Å². The zero-order valence-corrected chi connectivity index (χ0v) is 12.9. The van der Waals surface area contributed by atoms with Crippen molar-refractivity contribution in [3.63, 3.8) is 0 Å². The van der Waals surface area contributed by atoms with Crippen LogP contribution in [0, 0.1) is 0 Å². The number of primary amides is 1. The summed E-state index contributed by atoms with van der Waals surface area (Å²) >= 11 is 0. The summed E-state index contributed by atoms with van der Waals surface area (Å²) in [5, 5.41) is 0.794. The summed E-state index contributed by atoms with van der Waals surface area (Å²) in [4.78, 5) is 26.1. The molecule has 0 spiro atoms. The van der Waals surface area contributed by atoms with E-state index in [0.29, 0.717) is 11.4 Å². The predicted octanol–water partition coefficient (Wildman–Crippen LogP) is 1.92. The molecule has 1 aromatic heterocycles. The number of amides is 1. The van der Waals surface area contributed by atoms with Crippen LogP contribution < -0.4 is 10.5 Å². The van der Waals surface area contributed by atoms with E-state index >= 15 is 0 Å². The average Bonchev–Trinajstić information content (AvgIpc) is 2.71. The highest BCUT2D eigenvalue weighted by molar-refractivity contribution is 5.90. The number of aromatic amines is 1. The quantitative estimate of drug-likeness (QED) is 0.825. The van der Waals surface area contributed by atoms with E-state index in [0.717, 1.165) is 10.9 Å². The Balaban J connectivity index is 2.29. The maximum atomic E-state index is 12.0. The van der Waals surface area contributed by atoms with E-state index in [2.05, 4.69) is 4.98 Å². The highest BCUT2D eigenvalue weighted by atomic mass is 16.6. The number of nitrogens with two attached hydrogens (primary N) is 1. The first-order valence-electron chi connectivity index (χ1n) is 6.99. The van der Waals surface area contributed by atoms with E-state index in [9.17, 15) is 9.59 Å². The molecule has 1 aromatic carbocycles. The number of fused-ring (bicyclic) bond motifs is 1. The van der Waals surface area contributed by atoms with Crippen LogP contribution in [0.3, 0.4) is 0 Å². The van der Waals surface area contributed by atoms with E-state index in [1.54, 1.807) is 20.8 Å². The second kappa shape index (κ2) is 6.09. The van der Waals surface area contributed by atoms with Crippen LogP contribution in [0.5, 0.6) is 5.75 Å². The van der Waals surface area contributed by atoms with Gasteiger partial charge in [-0.3, -0.25) is 9.59 Å². The van der Waals surface area contributed by atoms with Crippen LogP contribution >= 0.6 is 0 Å². The van der Waals surface area contributed by atoms with Crippen molar-refractivity contribution in [2.24, 2.45) is 5.73 Å². The fourth-order valence-corrected chi connectivity index (χ4v) is 2.13. The monoisotopic (exact) mass is 304 g/mol. The Bertz CT molecular complexity index is 698. The third-order valence-corrected chi connectivity index (χ3v) is 2.83. The SMILES string of the molecule is CC(C)(C)OC(=O)Cc1[nH]c2ccccc2c1OCC(N)=O. The Morgan fingerprint density at radius 3 is 2.55 bits per heavy atom. The number of hydrogen-bond donors (Lipinski definition) is 2. The van der Waals surface area contributed by atoms with Gasteiger partial charge in [-0.15, -0.1) is 0 Å². The van der Waals surface area contributed by atoms with Crippen LogP contribution in [-0.4, -0.2) is 29.1 Å². The Hall–Kier alpha value is -2.50. The van der Waals surface area contributed by atoms with Crippen LogP contribution in [0.15, 0.2) is 24.3 Å². The van der Waals surface area contributed by atoms with Gasteiger partial charge in [-0.05, 0) is 32.9 Å². The molecule has 22 heavy (non-hydrogen) atoms. The van der Waals surface area contributed by atoms with Gasteiger partial charge >= 0.3 is 5.97 Å². The number of carbonyl (C=O) groups is 2. The second-order valence-corrected chi connectivity index (χ2v) is 6.00. The summed E-state index contributed by atoms with van der Waals surface area (Å²) in [5.41, 5.74) is 5.95. The van der Waals surface area contributed by atoms with E-state index in [-0.39, 0.29) is 19.0 Å². The number of para-hydroxylation sites is 1. The summed E-state index contributed by atoms with van der Waals surface area (Å²) in [6.45, 7) is 5.17. The first-order chi connectivity index (χ1) is 10.3. The molecular formula is C16H20N2O4. The summed E-state index contributed by atoms with van der Waals surface area (Å²) < 4.78 is 10.8. The zero-order valence-electron chi connectivity index (χ0n) is 12.9. The highest BCUT2D eigenvalue weighted by Gasteiger charge is 2.21. The lowest BCUT2D eigenvalue weighted by atomic mass is 10.2. The molecule has 2 rings (SSSR count). The summed E-state index contributed by atoms with van der Waals surface area (Å²) in [5.74, 6) is -0.489. The van der Waals surface area contributed by atoms with Crippen LogP contribution in [-0.2, 0) is 20.7 Å². The molecule has 1 heterocycles. The van der Waals surface area contributed by atoms with Crippen molar-refractivity contribution in [2.45, 2.75) is 32.8 Å². The molecule has 0 unspecified atom stereocenters. The maximum Gasteiger partial charge on any atom is 0.312 e. The standard InChI is InChI=1S/C16H20N2O4/c1-16(2,3)22-14(20)8-12-15(21-9-13(17)19)10-6-4-5-7-11(10)18-12/h4-7,18H,8-9H2,1-3H3,(H2,17,19). The van der Waals surface area contributed by atoms with E-state index in [1.807, 2.05) is 24.3 Å². The summed E-state index contributed by atoms with van der Waals surface area (Å²) in [6, 6.07) is 7.43. The van der Waals surface area contributed by atoms with Gasteiger partial charge in [0.1, 0.15) is 11.4 Å². The van der Waals surface area contributed by atoms with Gasteiger partial charge in [-0.25, -0.2) is 0 Å². The van der Waals surface area contributed by atoms with E-state index < -0.39 is 11.5 Å². The fraction of sp³-hybridized carbons (Fsp3) is 0.375. The van der Waals surface area contributed by atoms with Crippen LogP contribution in [0.4, 0.5) is 0 Å². The van der Waals surface area contributed by atoms with Crippen LogP contribution in [0.25, 0.3) is 10.9 Å². The van der Waals surface area contributed by atoms with Gasteiger partial charge in [-0.1, -0.05) is 12.1 Å². The van der Waals surface area contributed by atoms with Crippen molar-refractivity contribution in [1.29, 1.82) is 0 Å². The number of esters is 1. The molecule has 0 atom stereocenters. The lowest BCUT2D eigenvalue weighted by Crippen LogP contribution is -2.25. The number of rotatable bonds is 5. The minimum atomic E-state index is -0.575. The normalized spacial score (nSPS) is 11.4. The van der Waals surface area contributed by atoms with Crippen molar-refractivity contribution in [3.8, 4) is 5.75 Å². The number of ether oxygens (including phenoxy) is 2. The molecule has 0 fully saturated rings. The Morgan fingerprint density at radius 1 is 1.23 bits per heavy atom. The molecule has 118 valence electrons. The maximum absolute atomic E-state index is 12.0. The van der Waals surface area contributed by atoms with Crippen molar-refractivity contribution in [3.05, 3.63) is 30.0 Å². The first kappa shape index (κ1) is 15.9. The van der Waals surface area contributed by atoms with Crippen molar-refractivity contribution < 1.29 is 19.1 Å². The Kier molecular flexibility index (Phi) is 4.40.